The Bertz CT molecular complexity index is 766. The minimum absolute atomic E-state index is 0.625. The van der Waals surface area contributed by atoms with Crippen LogP contribution < -0.4 is 0 Å². The van der Waals surface area contributed by atoms with Crippen LogP contribution in [0.2, 0.25) is 0 Å². The van der Waals surface area contributed by atoms with E-state index in [2.05, 4.69) is 29.2 Å². The molecule has 3 aromatic rings. The Morgan fingerprint density at radius 2 is 2.17 bits per heavy atom. The highest BCUT2D eigenvalue weighted by Gasteiger charge is 2.07. The van der Waals surface area contributed by atoms with Gasteiger partial charge in [-0.15, -0.1) is 0 Å². The van der Waals surface area contributed by atoms with E-state index in [4.69, 9.17) is 16.7 Å². The zero-order valence-corrected chi connectivity index (χ0v) is 11.0. The largest absolute Gasteiger partial charge is 0.361 e. The van der Waals surface area contributed by atoms with Crippen LogP contribution in [0.1, 0.15) is 17.0 Å². The van der Waals surface area contributed by atoms with Gasteiger partial charge in [0.15, 0.2) is 4.77 Å². The summed E-state index contributed by atoms with van der Waals surface area (Å²) in [5, 5.41) is 4.00. The fourth-order valence-electron chi connectivity index (χ4n) is 2.07. The third kappa shape index (κ3) is 1.86. The molecule has 0 atom stereocenters. The first-order chi connectivity index (χ1) is 8.63. The van der Waals surface area contributed by atoms with Crippen LogP contribution in [0.15, 0.2) is 28.8 Å². The topological polar surface area (TPSA) is 46.8 Å². The van der Waals surface area contributed by atoms with E-state index < -0.39 is 0 Å². The summed E-state index contributed by atoms with van der Waals surface area (Å²) in [5.41, 5.74) is 4.24. The molecule has 92 valence electrons. The van der Waals surface area contributed by atoms with E-state index in [0.29, 0.717) is 11.3 Å². The first kappa shape index (κ1) is 11.2. The van der Waals surface area contributed by atoms with Crippen molar-refractivity contribution in [3.63, 3.8) is 0 Å². The number of aryl methyl sites for hydroxylation is 2. The molecule has 1 N–H and O–H groups in total. The van der Waals surface area contributed by atoms with Crippen LogP contribution in [0.4, 0.5) is 0 Å². The van der Waals surface area contributed by atoms with E-state index in [1.54, 1.807) is 0 Å². The van der Waals surface area contributed by atoms with Crippen LogP contribution >= 0.6 is 12.2 Å². The lowest BCUT2D eigenvalue weighted by Crippen LogP contribution is -1.99. The summed E-state index contributed by atoms with van der Waals surface area (Å²) in [5.74, 6) is 0.813. The number of aromatic amines is 1. The van der Waals surface area contributed by atoms with E-state index in [0.717, 1.165) is 22.5 Å². The molecule has 0 saturated carbocycles. The lowest BCUT2D eigenvalue weighted by Gasteiger charge is -2.01. The minimum Gasteiger partial charge on any atom is -0.361 e. The monoisotopic (exact) mass is 259 g/mol. The zero-order chi connectivity index (χ0) is 12.7. The van der Waals surface area contributed by atoms with Gasteiger partial charge in [-0.25, -0.2) is 0 Å². The highest BCUT2D eigenvalue weighted by Crippen LogP contribution is 2.17. The van der Waals surface area contributed by atoms with Gasteiger partial charge in [0.05, 0.1) is 17.6 Å². The van der Waals surface area contributed by atoms with Gasteiger partial charge >= 0.3 is 0 Å². The molecule has 0 radical (unpaired) electrons. The number of benzene rings is 1. The Morgan fingerprint density at radius 1 is 1.33 bits per heavy atom. The Labute approximate surface area is 109 Å². The first-order valence-electron chi connectivity index (χ1n) is 5.75. The van der Waals surface area contributed by atoms with Crippen molar-refractivity contribution in [3.8, 4) is 0 Å². The first-order valence-corrected chi connectivity index (χ1v) is 6.16. The van der Waals surface area contributed by atoms with Gasteiger partial charge in [-0.05, 0) is 43.8 Å². The van der Waals surface area contributed by atoms with Crippen molar-refractivity contribution >= 4 is 23.3 Å². The van der Waals surface area contributed by atoms with Gasteiger partial charge < -0.3 is 14.1 Å². The quantitative estimate of drug-likeness (QED) is 0.718. The smallest absolute Gasteiger partial charge is 0.178 e. The van der Waals surface area contributed by atoms with Crippen LogP contribution in [0.5, 0.6) is 0 Å². The number of hydrogen-bond acceptors (Lipinski definition) is 3. The predicted octanol–water partition coefficient (Wildman–Crippen LogP) is 3.35. The lowest BCUT2D eigenvalue weighted by atomic mass is 10.2. The molecule has 5 heteroatoms. The van der Waals surface area contributed by atoms with Crippen molar-refractivity contribution in [1.82, 2.24) is 14.7 Å². The molecule has 2 heterocycles. The molecular formula is C13H13N3OS. The van der Waals surface area contributed by atoms with Crippen LogP contribution in [-0.2, 0) is 6.54 Å². The summed E-state index contributed by atoms with van der Waals surface area (Å²) in [4.78, 5) is 3.20. The second-order valence-electron chi connectivity index (χ2n) is 4.47. The number of nitrogens with zero attached hydrogens (tertiary/aromatic N) is 2. The number of aromatic nitrogens is 3. The molecule has 0 amide bonds. The number of fused-ring (bicyclic) bond motifs is 1. The summed E-state index contributed by atoms with van der Waals surface area (Å²) < 4.78 is 7.82. The molecule has 18 heavy (non-hydrogen) atoms. The Hall–Kier alpha value is -1.88. The van der Waals surface area contributed by atoms with E-state index in [1.807, 2.05) is 23.6 Å². The number of H-pyrrole nitrogens is 1. The number of imidazole rings is 1. The molecule has 0 aliphatic heterocycles. The molecule has 0 unspecified atom stereocenters. The molecule has 0 saturated heterocycles. The predicted molar refractivity (Wildman–Crippen MR) is 72.2 cm³/mol. The van der Waals surface area contributed by atoms with Crippen LogP contribution in [0.3, 0.4) is 0 Å². The number of nitrogens with one attached hydrogen (secondary N) is 1. The van der Waals surface area contributed by atoms with Crippen molar-refractivity contribution in [2.45, 2.75) is 20.4 Å². The number of rotatable bonds is 2. The van der Waals surface area contributed by atoms with Gasteiger partial charge in [-0.3, -0.25) is 0 Å². The minimum atomic E-state index is 0.625. The van der Waals surface area contributed by atoms with Crippen molar-refractivity contribution in [1.29, 1.82) is 0 Å². The Balaban J connectivity index is 2.13. The molecule has 0 fully saturated rings. The van der Waals surface area contributed by atoms with E-state index >= 15 is 0 Å². The second-order valence-corrected chi connectivity index (χ2v) is 4.85. The van der Waals surface area contributed by atoms with Crippen molar-refractivity contribution in [3.05, 3.63) is 46.1 Å². The third-order valence-corrected chi connectivity index (χ3v) is 3.25. The molecule has 0 spiro atoms. The maximum absolute atomic E-state index is 5.35. The standard InChI is InChI=1S/C13H13N3OS/c1-8-3-4-11-12(5-8)16(13(18)14-11)7-10-6-9(2)17-15-10/h3-6H,7H2,1-2H3,(H,14,18). The zero-order valence-electron chi connectivity index (χ0n) is 10.2. The van der Waals surface area contributed by atoms with Gasteiger partial charge in [-0.2, -0.15) is 0 Å². The molecule has 0 aliphatic carbocycles. The van der Waals surface area contributed by atoms with Crippen LogP contribution in [0, 0.1) is 18.6 Å². The van der Waals surface area contributed by atoms with Gasteiger partial charge in [0, 0.05) is 6.07 Å². The Kier molecular flexibility index (Phi) is 2.56. The van der Waals surface area contributed by atoms with Gasteiger partial charge in [-0.1, -0.05) is 11.2 Å². The fourth-order valence-corrected chi connectivity index (χ4v) is 2.35. The summed E-state index contributed by atoms with van der Waals surface area (Å²) in [7, 11) is 0. The highest BCUT2D eigenvalue weighted by atomic mass is 32.1. The van der Waals surface area contributed by atoms with E-state index in [1.165, 1.54) is 5.56 Å². The molecule has 1 aromatic carbocycles. The van der Waals surface area contributed by atoms with Crippen molar-refractivity contribution in [2.24, 2.45) is 0 Å². The lowest BCUT2D eigenvalue weighted by molar-refractivity contribution is 0.389. The summed E-state index contributed by atoms with van der Waals surface area (Å²) >= 11 is 5.35. The van der Waals surface area contributed by atoms with Crippen molar-refractivity contribution < 1.29 is 4.52 Å². The fraction of sp³-hybridized carbons (Fsp3) is 0.231. The summed E-state index contributed by atoms with van der Waals surface area (Å²) in [6.45, 7) is 4.58. The molecule has 3 rings (SSSR count). The highest BCUT2D eigenvalue weighted by molar-refractivity contribution is 7.71. The maximum Gasteiger partial charge on any atom is 0.178 e. The van der Waals surface area contributed by atoms with Gasteiger partial charge in [0.2, 0.25) is 0 Å². The molecule has 4 nitrogen and oxygen atoms in total. The van der Waals surface area contributed by atoms with E-state index in [9.17, 15) is 0 Å². The summed E-state index contributed by atoms with van der Waals surface area (Å²) in [6, 6.07) is 8.16. The Morgan fingerprint density at radius 3 is 2.89 bits per heavy atom. The summed E-state index contributed by atoms with van der Waals surface area (Å²) in [6.07, 6.45) is 0. The molecule has 2 aromatic heterocycles. The molecular weight excluding hydrogens is 246 g/mol. The molecule has 0 bridgehead atoms. The average Bonchev–Trinajstić information content (AvgIpc) is 2.86. The maximum atomic E-state index is 5.35. The van der Waals surface area contributed by atoms with Crippen molar-refractivity contribution in [2.75, 3.05) is 0 Å². The normalized spacial score (nSPS) is 11.2. The number of hydrogen-bond donors (Lipinski definition) is 1. The van der Waals surface area contributed by atoms with Crippen LogP contribution in [0.25, 0.3) is 11.0 Å². The van der Waals surface area contributed by atoms with Gasteiger partial charge in [0.1, 0.15) is 11.5 Å². The average molecular weight is 259 g/mol. The second kappa shape index (κ2) is 4.10. The van der Waals surface area contributed by atoms with E-state index in [-0.39, 0.29) is 0 Å². The SMILES string of the molecule is Cc1ccc2[nH]c(=S)n(Cc3cc(C)on3)c2c1. The molecule has 0 aliphatic rings. The van der Waals surface area contributed by atoms with Crippen LogP contribution in [-0.4, -0.2) is 14.7 Å². The third-order valence-electron chi connectivity index (χ3n) is 2.93. The van der Waals surface area contributed by atoms with Gasteiger partial charge in [0.25, 0.3) is 0 Å².